The largest absolute Gasteiger partial charge is 0.393 e. The summed E-state index contributed by atoms with van der Waals surface area (Å²) in [6.45, 7) is 7.24. The van der Waals surface area contributed by atoms with Crippen LogP contribution in [0.15, 0.2) is 0 Å². The van der Waals surface area contributed by atoms with E-state index in [1.165, 1.54) is 0 Å². The first-order valence-electron chi connectivity index (χ1n) is 6.70. The molecular formula is C13H25NO3. The van der Waals surface area contributed by atoms with E-state index in [9.17, 15) is 9.90 Å². The molecule has 0 aromatic heterocycles. The summed E-state index contributed by atoms with van der Waals surface area (Å²) in [6.07, 6.45) is 2.88. The maximum atomic E-state index is 12.0. The fourth-order valence-electron chi connectivity index (χ4n) is 2.32. The maximum absolute atomic E-state index is 12.0. The smallest absolute Gasteiger partial charge is 0.251 e. The molecule has 1 aliphatic carbocycles. The topological polar surface area (TPSA) is 49.8 Å². The Kier molecular flexibility index (Phi) is 5.92. The molecule has 0 spiro atoms. The van der Waals surface area contributed by atoms with Crippen molar-refractivity contribution in [1.29, 1.82) is 0 Å². The predicted molar refractivity (Wildman–Crippen MR) is 66.7 cm³/mol. The van der Waals surface area contributed by atoms with Gasteiger partial charge < -0.3 is 14.7 Å². The van der Waals surface area contributed by atoms with Crippen LogP contribution in [0.25, 0.3) is 0 Å². The average molecular weight is 243 g/mol. The van der Waals surface area contributed by atoms with Gasteiger partial charge in [-0.2, -0.15) is 0 Å². The Labute approximate surface area is 104 Å². The van der Waals surface area contributed by atoms with E-state index in [1.54, 1.807) is 4.90 Å². The van der Waals surface area contributed by atoms with Crippen molar-refractivity contribution in [2.45, 2.75) is 64.8 Å². The summed E-state index contributed by atoms with van der Waals surface area (Å²) in [6, 6.07) is 0. The second kappa shape index (κ2) is 6.97. The van der Waals surface area contributed by atoms with Crippen molar-refractivity contribution in [3.05, 3.63) is 0 Å². The summed E-state index contributed by atoms with van der Waals surface area (Å²) in [4.78, 5) is 13.8. The normalized spacial score (nSPS) is 26.6. The summed E-state index contributed by atoms with van der Waals surface area (Å²) in [5, 5.41) is 9.40. The summed E-state index contributed by atoms with van der Waals surface area (Å²) in [5.41, 5.74) is 0. The van der Waals surface area contributed by atoms with Gasteiger partial charge >= 0.3 is 0 Å². The molecule has 1 amide bonds. The minimum atomic E-state index is -0.366. The Morgan fingerprint density at radius 3 is 2.29 bits per heavy atom. The minimum Gasteiger partial charge on any atom is -0.393 e. The molecule has 4 heteroatoms. The predicted octanol–water partition coefficient (Wildman–Crippen LogP) is 1.56. The number of hydrogen-bond donors (Lipinski definition) is 1. The third-order valence-corrected chi connectivity index (χ3v) is 3.46. The molecule has 1 rings (SSSR count). The van der Waals surface area contributed by atoms with E-state index < -0.39 is 0 Å². The van der Waals surface area contributed by atoms with Gasteiger partial charge in [-0.15, -0.1) is 0 Å². The van der Waals surface area contributed by atoms with Crippen molar-refractivity contribution < 1.29 is 14.6 Å². The molecule has 1 N–H and O–H groups in total. The van der Waals surface area contributed by atoms with E-state index in [1.807, 2.05) is 20.8 Å². The zero-order valence-corrected chi connectivity index (χ0v) is 11.2. The van der Waals surface area contributed by atoms with E-state index in [-0.39, 0.29) is 24.2 Å². The average Bonchev–Trinajstić information content (AvgIpc) is 2.33. The van der Waals surface area contributed by atoms with Crippen molar-refractivity contribution in [2.24, 2.45) is 0 Å². The monoisotopic (exact) mass is 243 g/mol. The number of aliphatic hydroxyl groups excluding tert-OH is 1. The molecule has 0 bridgehead atoms. The molecule has 0 aromatic rings. The zero-order valence-electron chi connectivity index (χ0n) is 11.2. The number of ether oxygens (including phenoxy) is 1. The molecule has 17 heavy (non-hydrogen) atoms. The highest BCUT2D eigenvalue weighted by Crippen LogP contribution is 2.22. The van der Waals surface area contributed by atoms with Crippen molar-refractivity contribution in [2.75, 3.05) is 13.1 Å². The third-order valence-electron chi connectivity index (χ3n) is 3.46. The molecule has 1 unspecified atom stereocenters. The molecule has 4 nitrogen and oxygen atoms in total. The van der Waals surface area contributed by atoms with Gasteiger partial charge in [0.1, 0.15) is 6.10 Å². The molecule has 1 atom stereocenters. The highest BCUT2D eigenvalue weighted by molar-refractivity contribution is 5.80. The van der Waals surface area contributed by atoms with Gasteiger partial charge in [0, 0.05) is 13.1 Å². The van der Waals surface area contributed by atoms with Gasteiger partial charge in [-0.25, -0.2) is 0 Å². The molecule has 100 valence electrons. The third kappa shape index (κ3) is 4.28. The lowest BCUT2D eigenvalue weighted by Gasteiger charge is -2.30. The quantitative estimate of drug-likeness (QED) is 0.797. The van der Waals surface area contributed by atoms with E-state index >= 15 is 0 Å². The number of aliphatic hydroxyl groups is 1. The van der Waals surface area contributed by atoms with Crippen LogP contribution >= 0.6 is 0 Å². The lowest BCUT2D eigenvalue weighted by molar-refractivity contribution is -0.147. The highest BCUT2D eigenvalue weighted by Gasteiger charge is 2.25. The lowest BCUT2D eigenvalue weighted by Crippen LogP contribution is -2.41. The minimum absolute atomic E-state index is 0.0705. The van der Waals surface area contributed by atoms with Crippen LogP contribution < -0.4 is 0 Å². The summed E-state index contributed by atoms with van der Waals surface area (Å²) >= 11 is 0. The van der Waals surface area contributed by atoms with Crippen LogP contribution in [0, 0.1) is 0 Å². The first-order valence-corrected chi connectivity index (χ1v) is 6.70. The fraction of sp³-hybridized carbons (Fsp3) is 0.923. The Bertz CT molecular complexity index is 233. The van der Waals surface area contributed by atoms with Gasteiger partial charge in [0.25, 0.3) is 5.91 Å². The standard InChI is InChI=1S/C13H25NO3/c1-4-14(5-2)13(16)10(3)17-12-8-6-11(15)7-9-12/h10-12,15H,4-9H2,1-3H3. The van der Waals surface area contributed by atoms with Crippen LogP contribution in [0.5, 0.6) is 0 Å². The van der Waals surface area contributed by atoms with Crippen LogP contribution in [-0.2, 0) is 9.53 Å². The fourth-order valence-corrected chi connectivity index (χ4v) is 2.32. The molecular weight excluding hydrogens is 218 g/mol. The molecule has 1 fully saturated rings. The number of rotatable bonds is 5. The first-order chi connectivity index (χ1) is 8.08. The van der Waals surface area contributed by atoms with Crippen molar-refractivity contribution in [3.63, 3.8) is 0 Å². The second-order valence-corrected chi connectivity index (χ2v) is 4.72. The van der Waals surface area contributed by atoms with Crippen LogP contribution in [0.4, 0.5) is 0 Å². The molecule has 0 aromatic carbocycles. The summed E-state index contributed by atoms with van der Waals surface area (Å²) < 4.78 is 5.78. The van der Waals surface area contributed by atoms with Crippen LogP contribution in [0.3, 0.4) is 0 Å². The Hall–Kier alpha value is -0.610. The number of hydrogen-bond acceptors (Lipinski definition) is 3. The number of nitrogens with zero attached hydrogens (tertiary/aromatic N) is 1. The van der Waals surface area contributed by atoms with Crippen LogP contribution in [0.1, 0.15) is 46.5 Å². The number of amides is 1. The van der Waals surface area contributed by atoms with Gasteiger partial charge in [-0.1, -0.05) is 0 Å². The van der Waals surface area contributed by atoms with Gasteiger partial charge in [0.05, 0.1) is 12.2 Å². The van der Waals surface area contributed by atoms with Crippen LogP contribution in [-0.4, -0.2) is 47.3 Å². The van der Waals surface area contributed by atoms with Crippen molar-refractivity contribution in [3.8, 4) is 0 Å². The van der Waals surface area contributed by atoms with E-state index in [2.05, 4.69) is 0 Å². The molecule has 1 aliphatic rings. The summed E-state index contributed by atoms with van der Waals surface area (Å²) in [5.74, 6) is 0.0705. The SMILES string of the molecule is CCN(CC)C(=O)C(C)OC1CCC(O)CC1. The first kappa shape index (κ1) is 14.5. The van der Waals surface area contributed by atoms with Crippen molar-refractivity contribution in [1.82, 2.24) is 4.90 Å². The Morgan fingerprint density at radius 1 is 1.29 bits per heavy atom. The second-order valence-electron chi connectivity index (χ2n) is 4.72. The molecule has 1 saturated carbocycles. The summed E-state index contributed by atoms with van der Waals surface area (Å²) in [7, 11) is 0. The van der Waals surface area contributed by atoms with Gasteiger partial charge in [0.15, 0.2) is 0 Å². The number of carbonyl (C=O) groups excluding carboxylic acids is 1. The molecule has 0 radical (unpaired) electrons. The van der Waals surface area contributed by atoms with Gasteiger partial charge in [-0.05, 0) is 46.5 Å². The van der Waals surface area contributed by atoms with E-state index in [0.29, 0.717) is 0 Å². The Balaban J connectivity index is 2.37. The molecule has 0 heterocycles. The molecule has 0 aliphatic heterocycles. The highest BCUT2D eigenvalue weighted by atomic mass is 16.5. The number of carbonyl (C=O) groups is 1. The van der Waals surface area contributed by atoms with Crippen molar-refractivity contribution >= 4 is 5.91 Å². The van der Waals surface area contributed by atoms with E-state index in [0.717, 1.165) is 38.8 Å². The maximum Gasteiger partial charge on any atom is 0.251 e. The van der Waals surface area contributed by atoms with Crippen LogP contribution in [0.2, 0.25) is 0 Å². The zero-order chi connectivity index (χ0) is 12.8. The Morgan fingerprint density at radius 2 is 1.82 bits per heavy atom. The molecule has 0 saturated heterocycles. The number of likely N-dealkylation sites (N-methyl/N-ethyl adjacent to an activating group) is 1. The van der Waals surface area contributed by atoms with Gasteiger partial charge in [0.2, 0.25) is 0 Å². The lowest BCUT2D eigenvalue weighted by atomic mass is 9.95. The van der Waals surface area contributed by atoms with E-state index in [4.69, 9.17) is 4.74 Å². The van der Waals surface area contributed by atoms with Gasteiger partial charge in [-0.3, -0.25) is 4.79 Å².